The maximum absolute atomic E-state index is 12.1. The minimum absolute atomic E-state index is 0.000850. The highest BCUT2D eigenvalue weighted by atomic mass is 32.2. The normalized spacial score (nSPS) is 14.0. The summed E-state index contributed by atoms with van der Waals surface area (Å²) in [6.45, 7) is 2.21. The maximum Gasteiger partial charge on any atom is 0.250 e. The SMILES string of the molecule is Cc1ccc(S(=O)(=O)NCCc2ccc3c(c2)CC(=O)N3)s1. The molecule has 22 heavy (non-hydrogen) atoms. The summed E-state index contributed by atoms with van der Waals surface area (Å²) >= 11 is 1.26. The molecule has 0 saturated carbocycles. The fourth-order valence-corrected chi connectivity index (χ4v) is 4.76. The van der Waals surface area contributed by atoms with Crippen molar-refractivity contribution in [1.82, 2.24) is 4.72 Å². The standard InChI is InChI=1S/C15H16N2O3S2/c1-10-2-5-15(21-10)22(19,20)16-7-6-11-3-4-13-12(8-11)9-14(18)17-13/h2-5,8,16H,6-7,9H2,1H3,(H,17,18). The summed E-state index contributed by atoms with van der Waals surface area (Å²) in [4.78, 5) is 12.3. The number of benzene rings is 1. The number of thiophene rings is 1. The molecule has 0 radical (unpaired) electrons. The Balaban J connectivity index is 1.62. The lowest BCUT2D eigenvalue weighted by Crippen LogP contribution is -2.25. The van der Waals surface area contributed by atoms with Crippen LogP contribution < -0.4 is 10.0 Å². The van der Waals surface area contributed by atoms with E-state index in [1.54, 1.807) is 12.1 Å². The van der Waals surface area contributed by atoms with Gasteiger partial charge in [0.15, 0.2) is 0 Å². The molecule has 1 aromatic heterocycles. The lowest BCUT2D eigenvalue weighted by molar-refractivity contribution is -0.115. The van der Waals surface area contributed by atoms with Crippen LogP contribution in [0.25, 0.3) is 0 Å². The number of carbonyl (C=O) groups is 1. The minimum atomic E-state index is -3.43. The van der Waals surface area contributed by atoms with Gasteiger partial charge in [-0.1, -0.05) is 12.1 Å². The zero-order chi connectivity index (χ0) is 15.7. The first-order valence-electron chi connectivity index (χ1n) is 6.92. The van der Waals surface area contributed by atoms with E-state index in [0.29, 0.717) is 23.6 Å². The largest absolute Gasteiger partial charge is 0.326 e. The van der Waals surface area contributed by atoms with Crippen molar-refractivity contribution in [2.24, 2.45) is 0 Å². The minimum Gasteiger partial charge on any atom is -0.326 e. The van der Waals surface area contributed by atoms with E-state index in [1.807, 2.05) is 25.1 Å². The van der Waals surface area contributed by atoms with Gasteiger partial charge in [0.1, 0.15) is 4.21 Å². The van der Waals surface area contributed by atoms with Crippen molar-refractivity contribution in [1.29, 1.82) is 0 Å². The number of hydrogen-bond acceptors (Lipinski definition) is 4. The number of anilines is 1. The highest BCUT2D eigenvalue weighted by Crippen LogP contribution is 2.24. The van der Waals surface area contributed by atoms with Crippen LogP contribution in [0.1, 0.15) is 16.0 Å². The Morgan fingerprint density at radius 3 is 2.82 bits per heavy atom. The van der Waals surface area contributed by atoms with Gasteiger partial charge in [-0.25, -0.2) is 13.1 Å². The molecule has 116 valence electrons. The van der Waals surface area contributed by atoms with E-state index >= 15 is 0 Å². The Labute approximate surface area is 133 Å². The lowest BCUT2D eigenvalue weighted by atomic mass is 10.1. The first-order valence-corrected chi connectivity index (χ1v) is 9.22. The number of sulfonamides is 1. The molecule has 3 rings (SSSR count). The van der Waals surface area contributed by atoms with E-state index in [0.717, 1.165) is 21.7 Å². The fraction of sp³-hybridized carbons (Fsp3) is 0.267. The second-order valence-corrected chi connectivity index (χ2v) is 8.51. The Hall–Kier alpha value is -1.70. The third kappa shape index (κ3) is 3.21. The molecule has 2 heterocycles. The predicted octanol–water partition coefficient (Wildman–Crippen LogP) is 2.07. The van der Waals surface area contributed by atoms with E-state index < -0.39 is 10.0 Å². The van der Waals surface area contributed by atoms with E-state index in [2.05, 4.69) is 10.0 Å². The quantitative estimate of drug-likeness (QED) is 0.878. The molecule has 5 nitrogen and oxygen atoms in total. The average molecular weight is 336 g/mol. The molecule has 0 saturated heterocycles. The third-order valence-electron chi connectivity index (χ3n) is 3.48. The maximum atomic E-state index is 12.1. The summed E-state index contributed by atoms with van der Waals surface area (Å²) in [5.74, 6) is 0.000850. The molecule has 2 N–H and O–H groups in total. The first-order chi connectivity index (χ1) is 10.4. The van der Waals surface area contributed by atoms with Gasteiger partial charge in [-0.05, 0) is 42.7 Å². The van der Waals surface area contributed by atoms with Crippen LogP contribution in [0.15, 0.2) is 34.5 Å². The van der Waals surface area contributed by atoms with Gasteiger partial charge >= 0.3 is 0 Å². The van der Waals surface area contributed by atoms with Gasteiger partial charge in [-0.2, -0.15) is 0 Å². The number of fused-ring (bicyclic) bond motifs is 1. The van der Waals surface area contributed by atoms with E-state index in [9.17, 15) is 13.2 Å². The monoisotopic (exact) mass is 336 g/mol. The van der Waals surface area contributed by atoms with E-state index in [-0.39, 0.29) is 5.91 Å². The van der Waals surface area contributed by atoms with Gasteiger partial charge in [-0.3, -0.25) is 4.79 Å². The Kier molecular flexibility index (Phi) is 4.03. The van der Waals surface area contributed by atoms with Gasteiger partial charge in [-0.15, -0.1) is 11.3 Å². The van der Waals surface area contributed by atoms with Crippen LogP contribution in [-0.2, 0) is 27.7 Å². The highest BCUT2D eigenvalue weighted by molar-refractivity contribution is 7.91. The van der Waals surface area contributed by atoms with Crippen LogP contribution in [0.5, 0.6) is 0 Å². The number of hydrogen-bond donors (Lipinski definition) is 2. The van der Waals surface area contributed by atoms with Gasteiger partial charge in [0, 0.05) is 17.1 Å². The molecule has 1 aromatic carbocycles. The second-order valence-electron chi connectivity index (χ2n) is 5.23. The topological polar surface area (TPSA) is 75.3 Å². The molecular formula is C15H16N2O3S2. The lowest BCUT2D eigenvalue weighted by Gasteiger charge is -2.06. The molecule has 1 aliphatic heterocycles. The summed E-state index contributed by atoms with van der Waals surface area (Å²) in [6, 6.07) is 9.15. The zero-order valence-corrected chi connectivity index (χ0v) is 13.7. The summed E-state index contributed by atoms with van der Waals surface area (Å²) < 4.78 is 27.2. The van der Waals surface area contributed by atoms with Crippen LogP contribution in [0.2, 0.25) is 0 Å². The van der Waals surface area contributed by atoms with Crippen molar-refractivity contribution in [3.63, 3.8) is 0 Å². The van der Waals surface area contributed by atoms with Gasteiger partial charge in [0.25, 0.3) is 0 Å². The molecule has 0 atom stereocenters. The molecule has 2 aromatic rings. The number of aryl methyl sites for hydroxylation is 1. The van der Waals surface area contributed by atoms with Crippen molar-refractivity contribution in [2.45, 2.75) is 24.0 Å². The Morgan fingerprint density at radius 1 is 1.27 bits per heavy atom. The van der Waals surface area contributed by atoms with Gasteiger partial charge < -0.3 is 5.32 Å². The molecule has 1 amide bonds. The van der Waals surface area contributed by atoms with Crippen molar-refractivity contribution in [2.75, 3.05) is 11.9 Å². The van der Waals surface area contributed by atoms with Crippen LogP contribution in [0.4, 0.5) is 5.69 Å². The fourth-order valence-electron chi connectivity index (χ4n) is 2.40. The number of rotatable bonds is 5. The van der Waals surface area contributed by atoms with Crippen molar-refractivity contribution >= 4 is 33.0 Å². The molecule has 0 fully saturated rings. The van der Waals surface area contributed by atoms with Crippen LogP contribution in [-0.4, -0.2) is 20.9 Å². The Morgan fingerprint density at radius 2 is 2.09 bits per heavy atom. The third-order valence-corrected chi connectivity index (χ3v) is 6.43. The van der Waals surface area contributed by atoms with Crippen molar-refractivity contribution < 1.29 is 13.2 Å². The number of carbonyl (C=O) groups excluding carboxylic acids is 1. The molecule has 0 bridgehead atoms. The smallest absolute Gasteiger partial charge is 0.250 e. The van der Waals surface area contributed by atoms with Crippen molar-refractivity contribution in [3.8, 4) is 0 Å². The Bertz CT molecular complexity index is 825. The molecule has 0 unspecified atom stereocenters. The molecule has 1 aliphatic rings. The first kappa shape index (κ1) is 15.2. The number of amides is 1. The van der Waals surface area contributed by atoms with Gasteiger partial charge in [0.2, 0.25) is 15.9 Å². The second kappa shape index (κ2) is 5.83. The average Bonchev–Trinajstić information content (AvgIpc) is 3.03. The molecule has 7 heteroatoms. The summed E-state index contributed by atoms with van der Waals surface area (Å²) in [5.41, 5.74) is 2.84. The van der Waals surface area contributed by atoms with Crippen LogP contribution in [0.3, 0.4) is 0 Å². The molecule has 0 aliphatic carbocycles. The van der Waals surface area contributed by atoms with E-state index in [4.69, 9.17) is 0 Å². The highest BCUT2D eigenvalue weighted by Gasteiger charge is 2.18. The zero-order valence-electron chi connectivity index (χ0n) is 12.0. The summed E-state index contributed by atoms with van der Waals surface area (Å²) in [5, 5.41) is 2.78. The predicted molar refractivity (Wildman–Crippen MR) is 86.7 cm³/mol. The van der Waals surface area contributed by atoms with Gasteiger partial charge in [0.05, 0.1) is 6.42 Å². The van der Waals surface area contributed by atoms with Crippen LogP contribution >= 0.6 is 11.3 Å². The summed E-state index contributed by atoms with van der Waals surface area (Å²) in [6.07, 6.45) is 0.981. The molecular weight excluding hydrogens is 320 g/mol. The number of nitrogens with one attached hydrogen (secondary N) is 2. The summed E-state index contributed by atoms with van der Waals surface area (Å²) in [7, 11) is -3.43. The van der Waals surface area contributed by atoms with Crippen LogP contribution in [0, 0.1) is 6.92 Å². The van der Waals surface area contributed by atoms with E-state index in [1.165, 1.54) is 11.3 Å². The molecule has 0 spiro atoms. The van der Waals surface area contributed by atoms with Crippen molar-refractivity contribution in [3.05, 3.63) is 46.3 Å².